The molecule has 1 aromatic heterocycles. The van der Waals surface area contributed by atoms with Crippen molar-refractivity contribution in [3.63, 3.8) is 0 Å². The molecule has 0 aliphatic rings. The lowest BCUT2D eigenvalue weighted by atomic mass is 10.1. The molecule has 8 heteroatoms. The molecule has 0 bridgehead atoms. The van der Waals surface area contributed by atoms with Gasteiger partial charge in [0.25, 0.3) is 5.89 Å². The number of nitrogens with zero attached hydrogens (tertiary/aromatic N) is 1. The van der Waals surface area contributed by atoms with Gasteiger partial charge in [-0.1, -0.05) is 40.9 Å². The van der Waals surface area contributed by atoms with Gasteiger partial charge < -0.3 is 9.73 Å². The van der Waals surface area contributed by atoms with Crippen molar-refractivity contribution in [2.45, 2.75) is 32.1 Å². The third kappa shape index (κ3) is 6.32. The Balaban J connectivity index is 1.69. The minimum Gasteiger partial charge on any atom is -0.432 e. The Kier molecular flexibility index (Phi) is 7.62. The summed E-state index contributed by atoms with van der Waals surface area (Å²) in [5.74, 6) is -0.140. The fourth-order valence-electron chi connectivity index (χ4n) is 2.22. The maximum Gasteiger partial charge on any atom is 0.307 e. The Morgan fingerprint density at radius 2 is 1.84 bits per heavy atom. The van der Waals surface area contributed by atoms with Crippen LogP contribution in [0.15, 0.2) is 39.4 Å². The van der Waals surface area contributed by atoms with Gasteiger partial charge in [-0.05, 0) is 25.0 Å². The van der Waals surface area contributed by atoms with Gasteiger partial charge in [0.15, 0.2) is 5.76 Å². The number of hydrogen-bond acceptors (Lipinski definition) is 5. The lowest BCUT2D eigenvalue weighted by Gasteiger charge is -2.03. The highest BCUT2D eigenvalue weighted by atomic mass is 79.9. The zero-order valence-electron chi connectivity index (χ0n) is 13.6. The number of carbonyl (C=O) groups excluding carboxylic acids is 2. The largest absolute Gasteiger partial charge is 0.432 e. The Bertz CT molecular complexity index is 700. The second-order valence-corrected chi connectivity index (χ2v) is 6.41. The van der Waals surface area contributed by atoms with Crippen molar-refractivity contribution in [3.05, 3.63) is 40.8 Å². The van der Waals surface area contributed by atoms with Gasteiger partial charge in [-0.25, -0.2) is 10.5 Å². The van der Waals surface area contributed by atoms with Crippen molar-refractivity contribution < 1.29 is 19.2 Å². The molecule has 7 nitrogen and oxygen atoms in total. The fraction of sp³-hybridized carbons (Fsp3) is 0.353. The van der Waals surface area contributed by atoms with Crippen molar-refractivity contribution in [2.24, 2.45) is 0 Å². The van der Waals surface area contributed by atoms with Gasteiger partial charge in [0, 0.05) is 23.0 Å². The Morgan fingerprint density at radius 1 is 1.12 bits per heavy atom. The molecule has 0 aliphatic heterocycles. The van der Waals surface area contributed by atoms with E-state index in [-0.39, 0.29) is 17.7 Å². The molecule has 2 rings (SSSR count). The average molecular weight is 410 g/mol. The summed E-state index contributed by atoms with van der Waals surface area (Å²) in [5, 5.41) is 11.1. The molecule has 3 N–H and O–H groups in total. The summed E-state index contributed by atoms with van der Waals surface area (Å²) in [5.41, 5.74) is 2.45. The van der Waals surface area contributed by atoms with Crippen LogP contribution in [-0.2, 0) is 4.79 Å². The number of aromatic nitrogens is 1. The molecule has 1 aromatic carbocycles. The molecule has 134 valence electrons. The highest BCUT2D eigenvalue weighted by molar-refractivity contribution is 9.10. The summed E-state index contributed by atoms with van der Waals surface area (Å²) in [4.78, 5) is 26.8. The number of amides is 2. The summed E-state index contributed by atoms with van der Waals surface area (Å²) in [6.07, 6.45) is 5.08. The molecule has 2 aromatic rings. The summed E-state index contributed by atoms with van der Waals surface area (Å²) < 4.78 is 6.46. The molecule has 0 radical (unpaired) electrons. The normalized spacial score (nSPS) is 10.5. The van der Waals surface area contributed by atoms with Gasteiger partial charge in [0.05, 0.1) is 6.20 Å². The maximum absolute atomic E-state index is 12.0. The van der Waals surface area contributed by atoms with Gasteiger partial charge in [-0.15, -0.1) is 0 Å². The topological polar surface area (TPSA) is 104 Å². The molecule has 0 spiro atoms. The van der Waals surface area contributed by atoms with E-state index in [9.17, 15) is 9.59 Å². The smallest absolute Gasteiger partial charge is 0.307 e. The fourth-order valence-corrected chi connectivity index (χ4v) is 2.49. The SMILES string of the molecule is O=C(CCCCCCNC(=O)c1ncc(-c2ccc(Br)cc2)o1)NO. The number of rotatable bonds is 9. The van der Waals surface area contributed by atoms with Crippen molar-refractivity contribution in [1.82, 2.24) is 15.8 Å². The molecule has 2 amide bonds. The maximum atomic E-state index is 12.0. The van der Waals surface area contributed by atoms with Crippen LogP contribution in [0.25, 0.3) is 11.3 Å². The van der Waals surface area contributed by atoms with E-state index in [2.05, 4.69) is 26.2 Å². The summed E-state index contributed by atoms with van der Waals surface area (Å²) in [6, 6.07) is 7.54. The van der Waals surface area contributed by atoms with Crippen molar-refractivity contribution in [1.29, 1.82) is 0 Å². The van der Waals surface area contributed by atoms with Crippen LogP contribution >= 0.6 is 15.9 Å². The molecule has 0 unspecified atom stereocenters. The van der Waals surface area contributed by atoms with Crippen LogP contribution in [0.2, 0.25) is 0 Å². The molecule has 0 fully saturated rings. The Hall–Kier alpha value is -2.19. The third-order valence-electron chi connectivity index (χ3n) is 3.57. The molecular formula is C17H20BrN3O4. The monoisotopic (exact) mass is 409 g/mol. The third-order valence-corrected chi connectivity index (χ3v) is 4.10. The highest BCUT2D eigenvalue weighted by Crippen LogP contribution is 2.22. The number of hydroxylamine groups is 1. The van der Waals surface area contributed by atoms with Crippen LogP contribution in [0.3, 0.4) is 0 Å². The van der Waals surface area contributed by atoms with E-state index in [0.29, 0.717) is 25.1 Å². The predicted molar refractivity (Wildman–Crippen MR) is 95.0 cm³/mol. The van der Waals surface area contributed by atoms with Gasteiger partial charge in [0.1, 0.15) is 0 Å². The number of hydrogen-bond donors (Lipinski definition) is 3. The Morgan fingerprint density at radius 3 is 2.56 bits per heavy atom. The van der Waals surface area contributed by atoms with E-state index in [1.165, 1.54) is 6.20 Å². The van der Waals surface area contributed by atoms with E-state index in [0.717, 1.165) is 29.3 Å². The number of unbranched alkanes of at least 4 members (excludes halogenated alkanes) is 3. The second-order valence-electron chi connectivity index (χ2n) is 5.49. The molecular weight excluding hydrogens is 390 g/mol. The lowest BCUT2D eigenvalue weighted by molar-refractivity contribution is -0.129. The summed E-state index contributed by atoms with van der Waals surface area (Å²) in [7, 11) is 0. The lowest BCUT2D eigenvalue weighted by Crippen LogP contribution is -2.24. The Labute approximate surface area is 153 Å². The van der Waals surface area contributed by atoms with Crippen LogP contribution < -0.4 is 10.8 Å². The van der Waals surface area contributed by atoms with Gasteiger partial charge in [0.2, 0.25) is 5.91 Å². The highest BCUT2D eigenvalue weighted by Gasteiger charge is 2.13. The second kappa shape index (κ2) is 9.95. The number of halogens is 1. The van der Waals surface area contributed by atoms with E-state index >= 15 is 0 Å². The van der Waals surface area contributed by atoms with Crippen LogP contribution in [-0.4, -0.2) is 28.6 Å². The molecule has 1 heterocycles. The van der Waals surface area contributed by atoms with E-state index in [1.54, 1.807) is 5.48 Å². The van der Waals surface area contributed by atoms with Crippen molar-refractivity contribution >= 4 is 27.7 Å². The predicted octanol–water partition coefficient (Wildman–Crippen LogP) is 3.29. The van der Waals surface area contributed by atoms with Crippen LogP contribution in [0.5, 0.6) is 0 Å². The molecule has 0 atom stereocenters. The number of oxazole rings is 1. The summed E-state index contributed by atoms with van der Waals surface area (Å²) in [6.45, 7) is 0.515. The van der Waals surface area contributed by atoms with E-state index in [4.69, 9.17) is 9.62 Å². The average Bonchev–Trinajstić information content (AvgIpc) is 3.11. The molecule has 0 saturated heterocycles. The van der Waals surface area contributed by atoms with Crippen molar-refractivity contribution in [3.8, 4) is 11.3 Å². The van der Waals surface area contributed by atoms with E-state index < -0.39 is 0 Å². The van der Waals surface area contributed by atoms with Gasteiger partial charge in [-0.2, -0.15) is 0 Å². The van der Waals surface area contributed by atoms with Crippen LogP contribution in [0, 0.1) is 0 Å². The number of carbonyl (C=O) groups is 2. The first-order valence-electron chi connectivity index (χ1n) is 8.03. The minimum absolute atomic E-state index is 0.0394. The standard InChI is InChI=1S/C17H20BrN3O4/c18-13-8-6-12(7-9-13)14-11-20-17(25-14)16(23)19-10-4-2-1-3-5-15(22)21-24/h6-9,11,24H,1-5,10H2,(H,19,23)(H,21,22). The van der Waals surface area contributed by atoms with Crippen LogP contribution in [0.4, 0.5) is 0 Å². The first kappa shape index (κ1) is 19.1. The molecule has 0 saturated carbocycles. The first-order valence-corrected chi connectivity index (χ1v) is 8.82. The molecule has 25 heavy (non-hydrogen) atoms. The van der Waals surface area contributed by atoms with Crippen molar-refractivity contribution in [2.75, 3.05) is 6.54 Å². The minimum atomic E-state index is -0.376. The van der Waals surface area contributed by atoms with E-state index in [1.807, 2.05) is 24.3 Å². The first-order chi connectivity index (χ1) is 12.1. The van der Waals surface area contributed by atoms with Gasteiger partial charge >= 0.3 is 5.91 Å². The van der Waals surface area contributed by atoms with Crippen LogP contribution in [0.1, 0.15) is 42.8 Å². The zero-order valence-corrected chi connectivity index (χ0v) is 15.2. The zero-order chi connectivity index (χ0) is 18.1. The molecule has 0 aliphatic carbocycles. The van der Waals surface area contributed by atoms with Gasteiger partial charge in [-0.3, -0.25) is 14.8 Å². The number of benzene rings is 1. The quantitative estimate of drug-likeness (QED) is 0.334. The summed E-state index contributed by atoms with van der Waals surface area (Å²) >= 11 is 3.37. The number of nitrogens with one attached hydrogen (secondary N) is 2.